The molecular weight excluding hydrogens is 416 g/mol. The van der Waals surface area contributed by atoms with Gasteiger partial charge in [0.05, 0.1) is 16.9 Å². The lowest BCUT2D eigenvalue weighted by molar-refractivity contribution is 0.0975. The Bertz CT molecular complexity index is 986. The zero-order valence-electron chi connectivity index (χ0n) is 19.9. The van der Waals surface area contributed by atoms with Gasteiger partial charge in [0, 0.05) is 44.8 Å². The van der Waals surface area contributed by atoms with E-state index in [1.807, 2.05) is 43.3 Å². The number of piperazine rings is 1. The fourth-order valence-corrected chi connectivity index (χ4v) is 3.71. The van der Waals surface area contributed by atoms with E-state index in [0.29, 0.717) is 17.8 Å². The molecular formula is C24H34N8O. The van der Waals surface area contributed by atoms with Gasteiger partial charge >= 0.3 is 0 Å². The molecule has 2 heterocycles. The third-order valence-electron chi connectivity index (χ3n) is 5.28. The normalized spacial score (nSPS) is 15.6. The highest BCUT2D eigenvalue weighted by atomic mass is 16.1. The molecule has 176 valence electrons. The van der Waals surface area contributed by atoms with Crippen molar-refractivity contribution in [2.75, 3.05) is 37.0 Å². The fourth-order valence-electron chi connectivity index (χ4n) is 3.71. The van der Waals surface area contributed by atoms with Crippen molar-refractivity contribution in [1.82, 2.24) is 20.7 Å². The molecule has 1 aliphatic heterocycles. The van der Waals surface area contributed by atoms with Crippen molar-refractivity contribution in [3.8, 4) is 0 Å². The van der Waals surface area contributed by atoms with Gasteiger partial charge < -0.3 is 15.5 Å². The third-order valence-corrected chi connectivity index (χ3v) is 5.28. The molecule has 3 N–H and O–H groups in total. The number of rotatable bonds is 8. The molecule has 1 fully saturated rings. The first-order valence-electron chi connectivity index (χ1n) is 11.2. The molecule has 1 amide bonds. The summed E-state index contributed by atoms with van der Waals surface area (Å²) < 4.78 is 0. The lowest BCUT2D eigenvalue weighted by atomic mass is 10.0. The number of amides is 1. The molecule has 9 heteroatoms. The Morgan fingerprint density at radius 3 is 2.76 bits per heavy atom. The zero-order chi connectivity index (χ0) is 23.8. The van der Waals surface area contributed by atoms with Crippen LogP contribution in [0.15, 0.2) is 52.7 Å². The summed E-state index contributed by atoms with van der Waals surface area (Å²) in [5.41, 5.74) is 5.17. The topological polar surface area (TPSA) is 97.2 Å². The first kappa shape index (κ1) is 24.2. The molecule has 2 aromatic rings. The molecule has 0 atom stereocenters. The molecule has 0 aliphatic carbocycles. The Balaban J connectivity index is 1.66. The molecule has 0 saturated carbocycles. The number of carbonyl (C=O) groups excluding carboxylic acids is 1. The molecule has 3 rings (SSSR count). The van der Waals surface area contributed by atoms with E-state index in [1.54, 1.807) is 18.4 Å². The molecule has 0 radical (unpaired) electrons. The van der Waals surface area contributed by atoms with Crippen molar-refractivity contribution in [2.24, 2.45) is 10.1 Å². The number of hydrazine groups is 1. The number of anilines is 2. The van der Waals surface area contributed by atoms with E-state index < -0.39 is 0 Å². The SMILES string of the molecule is C=Nc1ccccc1NN(C)/N=C(\CCC)NC(=O)c1ccc(N2CCNC(C)(C)C2)nc1. The zero-order valence-corrected chi connectivity index (χ0v) is 19.9. The van der Waals surface area contributed by atoms with Crippen LogP contribution in [0.2, 0.25) is 0 Å². The van der Waals surface area contributed by atoms with E-state index in [4.69, 9.17) is 0 Å². The highest BCUT2D eigenvalue weighted by Gasteiger charge is 2.26. The number of hydrazone groups is 1. The van der Waals surface area contributed by atoms with Crippen molar-refractivity contribution in [2.45, 2.75) is 39.2 Å². The molecule has 0 unspecified atom stereocenters. The second-order valence-corrected chi connectivity index (χ2v) is 8.70. The van der Waals surface area contributed by atoms with Crippen LogP contribution in [0.4, 0.5) is 17.2 Å². The van der Waals surface area contributed by atoms with E-state index in [2.05, 4.69) is 56.6 Å². The number of amidine groups is 1. The van der Waals surface area contributed by atoms with Crippen LogP contribution in [-0.2, 0) is 0 Å². The molecule has 1 aromatic carbocycles. The smallest absolute Gasteiger partial charge is 0.258 e. The number of benzene rings is 1. The van der Waals surface area contributed by atoms with Gasteiger partial charge in [-0.1, -0.05) is 19.1 Å². The number of pyridine rings is 1. The number of nitrogens with zero attached hydrogens (tertiary/aromatic N) is 5. The van der Waals surface area contributed by atoms with Crippen LogP contribution in [0.25, 0.3) is 0 Å². The van der Waals surface area contributed by atoms with Gasteiger partial charge in [0.15, 0.2) is 0 Å². The van der Waals surface area contributed by atoms with Crippen LogP contribution in [0.1, 0.15) is 44.0 Å². The molecule has 1 saturated heterocycles. The van der Waals surface area contributed by atoms with Gasteiger partial charge in [-0.2, -0.15) is 0 Å². The predicted octanol–water partition coefficient (Wildman–Crippen LogP) is 3.40. The van der Waals surface area contributed by atoms with E-state index in [0.717, 1.165) is 43.2 Å². The first-order valence-corrected chi connectivity index (χ1v) is 11.2. The van der Waals surface area contributed by atoms with Crippen LogP contribution in [-0.4, -0.2) is 60.8 Å². The Labute approximate surface area is 196 Å². The monoisotopic (exact) mass is 450 g/mol. The summed E-state index contributed by atoms with van der Waals surface area (Å²) >= 11 is 0. The fraction of sp³-hybridized carbons (Fsp3) is 0.417. The van der Waals surface area contributed by atoms with E-state index in [1.165, 1.54) is 0 Å². The molecule has 33 heavy (non-hydrogen) atoms. The second kappa shape index (κ2) is 10.9. The minimum absolute atomic E-state index is 0.0316. The summed E-state index contributed by atoms with van der Waals surface area (Å²) in [6, 6.07) is 11.3. The average Bonchev–Trinajstić information content (AvgIpc) is 2.79. The van der Waals surface area contributed by atoms with E-state index >= 15 is 0 Å². The number of nitrogens with one attached hydrogen (secondary N) is 3. The number of carbonyl (C=O) groups is 1. The van der Waals surface area contributed by atoms with Crippen molar-refractivity contribution in [1.29, 1.82) is 0 Å². The largest absolute Gasteiger partial charge is 0.354 e. The Kier molecular flexibility index (Phi) is 8.00. The summed E-state index contributed by atoms with van der Waals surface area (Å²) in [4.78, 5) is 23.6. The van der Waals surface area contributed by atoms with Crippen LogP contribution >= 0.6 is 0 Å². The van der Waals surface area contributed by atoms with Gasteiger partial charge in [-0.25, -0.2) is 10.1 Å². The highest BCUT2D eigenvalue weighted by molar-refractivity contribution is 6.06. The maximum absolute atomic E-state index is 12.8. The minimum Gasteiger partial charge on any atom is -0.354 e. The first-order chi connectivity index (χ1) is 15.8. The van der Waals surface area contributed by atoms with Crippen molar-refractivity contribution >= 4 is 35.7 Å². The van der Waals surface area contributed by atoms with Crippen LogP contribution in [0, 0.1) is 0 Å². The molecule has 0 spiro atoms. The summed E-state index contributed by atoms with van der Waals surface area (Å²) in [5, 5.41) is 12.5. The van der Waals surface area contributed by atoms with Crippen LogP contribution in [0.3, 0.4) is 0 Å². The highest BCUT2D eigenvalue weighted by Crippen LogP contribution is 2.23. The lowest BCUT2D eigenvalue weighted by Crippen LogP contribution is -2.57. The van der Waals surface area contributed by atoms with Crippen LogP contribution < -0.4 is 21.0 Å². The van der Waals surface area contributed by atoms with Gasteiger partial charge in [-0.05, 0) is 51.3 Å². The quantitative estimate of drug-likeness (QED) is 0.324. The van der Waals surface area contributed by atoms with Gasteiger partial charge in [-0.15, -0.1) is 5.10 Å². The summed E-state index contributed by atoms with van der Waals surface area (Å²) in [7, 11) is 1.77. The van der Waals surface area contributed by atoms with E-state index in [-0.39, 0.29) is 11.4 Å². The number of aromatic nitrogens is 1. The number of hydrogen-bond donors (Lipinski definition) is 3. The standard InChI is InChI=1S/C24H34N8O/c1-6-9-21(30-31(5)29-20-11-8-7-10-19(20)25-4)28-23(33)18-12-13-22(26-16-18)32-15-14-27-24(2,3)17-32/h7-8,10-13,16,27,29H,4,6,9,14-15,17H2,1-3,5H3,(H,28,30,33). The van der Waals surface area contributed by atoms with Crippen molar-refractivity contribution < 1.29 is 4.79 Å². The third kappa shape index (κ3) is 6.76. The molecule has 1 aromatic heterocycles. The second-order valence-electron chi connectivity index (χ2n) is 8.70. The molecule has 0 bridgehead atoms. The number of aliphatic imine (C=N–C) groups is 1. The lowest BCUT2D eigenvalue weighted by Gasteiger charge is -2.39. The van der Waals surface area contributed by atoms with Gasteiger partial charge in [0.25, 0.3) is 5.91 Å². The summed E-state index contributed by atoms with van der Waals surface area (Å²) in [5.74, 6) is 1.21. The number of para-hydroxylation sites is 2. The maximum Gasteiger partial charge on any atom is 0.258 e. The minimum atomic E-state index is -0.233. The van der Waals surface area contributed by atoms with Crippen molar-refractivity contribution in [3.63, 3.8) is 0 Å². The van der Waals surface area contributed by atoms with Gasteiger partial charge in [0.2, 0.25) is 0 Å². The molecule has 9 nitrogen and oxygen atoms in total. The maximum atomic E-state index is 12.8. The Hall–Kier alpha value is -3.46. The van der Waals surface area contributed by atoms with E-state index in [9.17, 15) is 4.79 Å². The summed E-state index contributed by atoms with van der Waals surface area (Å²) in [6.07, 6.45) is 3.09. The van der Waals surface area contributed by atoms with Gasteiger partial charge in [-0.3, -0.25) is 15.2 Å². The Morgan fingerprint density at radius 1 is 1.30 bits per heavy atom. The predicted molar refractivity (Wildman–Crippen MR) is 135 cm³/mol. The molecule has 1 aliphatic rings. The van der Waals surface area contributed by atoms with Crippen LogP contribution in [0.5, 0.6) is 0 Å². The average molecular weight is 451 g/mol. The van der Waals surface area contributed by atoms with Crippen molar-refractivity contribution in [3.05, 3.63) is 48.2 Å². The number of hydrogen-bond acceptors (Lipinski definition) is 8. The Morgan fingerprint density at radius 2 is 2.09 bits per heavy atom. The van der Waals surface area contributed by atoms with Gasteiger partial charge in [0.1, 0.15) is 11.7 Å². The summed E-state index contributed by atoms with van der Waals surface area (Å²) in [6.45, 7) is 12.6.